The second-order valence-electron chi connectivity index (χ2n) is 6.28. The summed E-state index contributed by atoms with van der Waals surface area (Å²) in [5, 5.41) is 4.02. The largest absolute Gasteiger partial charge is 0.433 e. The normalized spacial score (nSPS) is 15.9. The SMILES string of the molecule is FC(F)(F)c1cc(NC2CCN(c3ncnc4cnccc34)CC2)ncn1. The number of nitrogens with one attached hydrogen (secondary N) is 1. The van der Waals surface area contributed by atoms with Gasteiger partial charge >= 0.3 is 6.18 Å². The van der Waals surface area contributed by atoms with Gasteiger partial charge in [-0.3, -0.25) is 4.98 Å². The summed E-state index contributed by atoms with van der Waals surface area (Å²) in [6.45, 7) is 1.45. The van der Waals surface area contributed by atoms with E-state index < -0.39 is 11.9 Å². The fraction of sp³-hybridized carbons (Fsp3) is 0.353. The molecule has 10 heteroatoms. The van der Waals surface area contributed by atoms with Crippen LogP contribution in [-0.4, -0.2) is 44.1 Å². The van der Waals surface area contributed by atoms with E-state index >= 15 is 0 Å². The highest BCUT2D eigenvalue weighted by atomic mass is 19.4. The van der Waals surface area contributed by atoms with Crippen molar-refractivity contribution in [2.45, 2.75) is 25.1 Å². The lowest BCUT2D eigenvalue weighted by Crippen LogP contribution is -2.39. The third kappa shape index (κ3) is 3.74. The third-order valence-electron chi connectivity index (χ3n) is 4.52. The Morgan fingerprint density at radius 3 is 2.59 bits per heavy atom. The summed E-state index contributed by atoms with van der Waals surface area (Å²) in [7, 11) is 0. The summed E-state index contributed by atoms with van der Waals surface area (Å²) in [4.78, 5) is 22.0. The van der Waals surface area contributed by atoms with Gasteiger partial charge in [0.1, 0.15) is 30.0 Å². The molecule has 4 heterocycles. The van der Waals surface area contributed by atoms with E-state index in [1.54, 1.807) is 12.4 Å². The number of pyridine rings is 1. The van der Waals surface area contributed by atoms with Crippen molar-refractivity contribution in [3.05, 3.63) is 42.9 Å². The zero-order chi connectivity index (χ0) is 18.9. The molecule has 0 radical (unpaired) electrons. The average Bonchev–Trinajstić information content (AvgIpc) is 2.68. The van der Waals surface area contributed by atoms with Crippen LogP contribution in [0.15, 0.2) is 37.2 Å². The van der Waals surface area contributed by atoms with Crippen LogP contribution < -0.4 is 10.2 Å². The molecule has 3 aromatic rings. The number of hydrogen-bond donors (Lipinski definition) is 1. The third-order valence-corrected chi connectivity index (χ3v) is 4.52. The van der Waals surface area contributed by atoms with Gasteiger partial charge in [0.05, 0.1) is 11.7 Å². The van der Waals surface area contributed by atoms with Crippen LogP contribution in [0.3, 0.4) is 0 Å². The number of piperidine rings is 1. The molecule has 0 amide bonds. The molecule has 140 valence electrons. The minimum absolute atomic E-state index is 0.0343. The molecule has 0 unspecified atom stereocenters. The fourth-order valence-electron chi connectivity index (χ4n) is 3.18. The topological polar surface area (TPSA) is 79.7 Å². The van der Waals surface area contributed by atoms with Crippen LogP contribution in [-0.2, 0) is 6.18 Å². The van der Waals surface area contributed by atoms with Crippen molar-refractivity contribution in [3.8, 4) is 0 Å². The number of rotatable bonds is 3. The number of anilines is 2. The van der Waals surface area contributed by atoms with Gasteiger partial charge in [-0.15, -0.1) is 0 Å². The number of alkyl halides is 3. The van der Waals surface area contributed by atoms with E-state index in [1.165, 1.54) is 6.33 Å². The van der Waals surface area contributed by atoms with E-state index in [9.17, 15) is 13.2 Å². The van der Waals surface area contributed by atoms with Gasteiger partial charge in [-0.05, 0) is 18.9 Å². The first-order valence-corrected chi connectivity index (χ1v) is 8.46. The summed E-state index contributed by atoms with van der Waals surface area (Å²) >= 11 is 0. The second kappa shape index (κ2) is 6.93. The van der Waals surface area contributed by atoms with Crippen LogP contribution in [0.5, 0.6) is 0 Å². The molecule has 1 aliphatic heterocycles. The maximum absolute atomic E-state index is 12.8. The second-order valence-corrected chi connectivity index (χ2v) is 6.28. The number of aromatic nitrogens is 5. The van der Waals surface area contributed by atoms with Gasteiger partial charge in [0.2, 0.25) is 0 Å². The maximum atomic E-state index is 12.8. The summed E-state index contributed by atoms with van der Waals surface area (Å²) in [6, 6.07) is 2.86. The van der Waals surface area contributed by atoms with E-state index in [2.05, 4.69) is 35.1 Å². The van der Waals surface area contributed by atoms with Gasteiger partial charge in [0.15, 0.2) is 0 Å². The zero-order valence-corrected chi connectivity index (χ0v) is 14.2. The Hall–Kier alpha value is -3.04. The van der Waals surface area contributed by atoms with Crippen LogP contribution in [0.1, 0.15) is 18.5 Å². The molecular weight excluding hydrogens is 359 g/mol. The first-order chi connectivity index (χ1) is 13.0. The number of fused-ring (bicyclic) bond motifs is 1. The van der Waals surface area contributed by atoms with Crippen molar-refractivity contribution < 1.29 is 13.2 Å². The number of nitrogens with zero attached hydrogens (tertiary/aromatic N) is 6. The standard InChI is InChI=1S/C17H16F3N7/c18-17(19,20)14-7-15(24-10-23-14)26-11-2-5-27(6-3-11)16-12-1-4-21-8-13(12)22-9-25-16/h1,4,7-11H,2-3,5-6H2,(H,23,24,26). The Kier molecular flexibility index (Phi) is 4.46. The van der Waals surface area contributed by atoms with E-state index in [1.807, 2.05) is 6.07 Å². The van der Waals surface area contributed by atoms with Gasteiger partial charge in [0.25, 0.3) is 0 Å². The highest BCUT2D eigenvalue weighted by Gasteiger charge is 2.33. The van der Waals surface area contributed by atoms with Gasteiger partial charge in [-0.1, -0.05) is 0 Å². The van der Waals surface area contributed by atoms with Gasteiger partial charge < -0.3 is 10.2 Å². The van der Waals surface area contributed by atoms with Crippen LogP contribution >= 0.6 is 0 Å². The quantitative estimate of drug-likeness (QED) is 0.754. The molecule has 1 fully saturated rings. The first kappa shape index (κ1) is 17.4. The van der Waals surface area contributed by atoms with Crippen molar-refractivity contribution >= 4 is 22.5 Å². The van der Waals surface area contributed by atoms with Gasteiger partial charge in [-0.2, -0.15) is 13.2 Å². The lowest BCUT2D eigenvalue weighted by Gasteiger charge is -2.33. The van der Waals surface area contributed by atoms with Gasteiger partial charge in [0, 0.05) is 36.8 Å². The molecule has 0 aromatic carbocycles. The highest BCUT2D eigenvalue weighted by molar-refractivity contribution is 5.88. The molecule has 7 nitrogen and oxygen atoms in total. The monoisotopic (exact) mass is 375 g/mol. The Labute approximate surface area is 152 Å². The lowest BCUT2D eigenvalue weighted by molar-refractivity contribution is -0.141. The predicted octanol–water partition coefficient (Wildman–Crippen LogP) is 2.91. The summed E-state index contributed by atoms with van der Waals surface area (Å²) < 4.78 is 38.3. The minimum Gasteiger partial charge on any atom is -0.367 e. The lowest BCUT2D eigenvalue weighted by atomic mass is 10.0. The van der Waals surface area contributed by atoms with E-state index in [0.29, 0.717) is 0 Å². The predicted molar refractivity (Wildman–Crippen MR) is 93.2 cm³/mol. The van der Waals surface area contributed by atoms with E-state index in [-0.39, 0.29) is 11.9 Å². The Morgan fingerprint density at radius 1 is 1.04 bits per heavy atom. The molecule has 1 saturated heterocycles. The van der Waals surface area contributed by atoms with Gasteiger partial charge in [-0.25, -0.2) is 19.9 Å². The Morgan fingerprint density at radius 2 is 1.81 bits per heavy atom. The first-order valence-electron chi connectivity index (χ1n) is 8.46. The van der Waals surface area contributed by atoms with Crippen molar-refractivity contribution in [3.63, 3.8) is 0 Å². The number of hydrogen-bond acceptors (Lipinski definition) is 7. The van der Waals surface area contributed by atoms with Crippen molar-refractivity contribution in [2.75, 3.05) is 23.3 Å². The molecule has 1 aliphatic rings. The molecule has 1 N–H and O–H groups in total. The molecular formula is C17H16F3N7. The maximum Gasteiger partial charge on any atom is 0.433 e. The smallest absolute Gasteiger partial charge is 0.367 e. The van der Waals surface area contributed by atoms with Crippen LogP contribution in [0, 0.1) is 0 Å². The number of halogens is 3. The molecule has 0 saturated carbocycles. The van der Waals surface area contributed by atoms with Crippen molar-refractivity contribution in [1.29, 1.82) is 0 Å². The summed E-state index contributed by atoms with van der Waals surface area (Å²) in [6.07, 6.45) is 2.87. The molecule has 0 aliphatic carbocycles. The average molecular weight is 375 g/mol. The van der Waals surface area contributed by atoms with Crippen LogP contribution in [0.4, 0.5) is 24.8 Å². The summed E-state index contributed by atoms with van der Waals surface area (Å²) in [5.41, 5.74) is -0.165. The molecule has 27 heavy (non-hydrogen) atoms. The molecule has 4 rings (SSSR count). The molecule has 0 atom stereocenters. The molecule has 0 bridgehead atoms. The minimum atomic E-state index is -4.48. The fourth-order valence-corrected chi connectivity index (χ4v) is 3.18. The van der Waals surface area contributed by atoms with E-state index in [0.717, 1.165) is 55.0 Å². The zero-order valence-electron chi connectivity index (χ0n) is 14.2. The Bertz CT molecular complexity index is 934. The Balaban J connectivity index is 1.44. The van der Waals surface area contributed by atoms with Crippen LogP contribution in [0.25, 0.3) is 10.9 Å². The van der Waals surface area contributed by atoms with E-state index in [4.69, 9.17) is 0 Å². The van der Waals surface area contributed by atoms with Crippen molar-refractivity contribution in [2.24, 2.45) is 0 Å². The molecule has 3 aromatic heterocycles. The summed E-state index contributed by atoms with van der Waals surface area (Å²) in [5.74, 6) is 1.04. The molecule has 0 spiro atoms. The highest BCUT2D eigenvalue weighted by Crippen LogP contribution is 2.29. The van der Waals surface area contributed by atoms with Crippen molar-refractivity contribution in [1.82, 2.24) is 24.9 Å². The van der Waals surface area contributed by atoms with Crippen LogP contribution in [0.2, 0.25) is 0 Å².